The summed E-state index contributed by atoms with van der Waals surface area (Å²) in [6.07, 6.45) is 2.93. The number of aliphatic carboxylic acids is 2. The first-order chi connectivity index (χ1) is 8.42. The van der Waals surface area contributed by atoms with E-state index in [1.54, 1.807) is 0 Å². The van der Waals surface area contributed by atoms with Crippen LogP contribution in [0.25, 0.3) is 0 Å². The largest absolute Gasteiger partial charge is 0.480 e. The number of carbonyl (C=O) groups is 3. The molecule has 0 radical (unpaired) electrons. The fourth-order valence-electron chi connectivity index (χ4n) is 1.88. The minimum absolute atomic E-state index is 0.279. The number of carboxylic acid groups (broad SMARTS) is 2. The standard InChI is InChI=1S/C12H21NO5/c1-3-5-9(6-4-2)12(18)13(7-10(14)15)8-11(16)17/h9H,3-8H2,1-2H3,(H,14,15)(H,16,17). The van der Waals surface area contributed by atoms with Gasteiger partial charge in [0.1, 0.15) is 13.1 Å². The van der Waals surface area contributed by atoms with Crippen LogP contribution in [0.5, 0.6) is 0 Å². The lowest BCUT2D eigenvalue weighted by atomic mass is 9.96. The highest BCUT2D eigenvalue weighted by molar-refractivity contribution is 5.86. The molecule has 0 aromatic carbocycles. The molecule has 0 aliphatic rings. The Bertz CT molecular complexity index is 281. The molecule has 0 aliphatic carbocycles. The van der Waals surface area contributed by atoms with Crippen LogP contribution in [0.4, 0.5) is 0 Å². The van der Waals surface area contributed by atoms with E-state index in [2.05, 4.69) is 0 Å². The molecule has 0 aromatic heterocycles. The molecule has 0 atom stereocenters. The SMILES string of the molecule is CCCC(CCC)C(=O)N(CC(=O)O)CC(=O)O. The van der Waals surface area contributed by atoms with Crippen LogP contribution in [0, 0.1) is 5.92 Å². The van der Waals surface area contributed by atoms with Crippen molar-refractivity contribution in [3.63, 3.8) is 0 Å². The average Bonchev–Trinajstić information content (AvgIpc) is 2.25. The van der Waals surface area contributed by atoms with Crippen LogP contribution in [0.1, 0.15) is 39.5 Å². The van der Waals surface area contributed by atoms with Gasteiger partial charge in [-0.05, 0) is 12.8 Å². The Kier molecular flexibility index (Phi) is 7.74. The fraction of sp³-hybridized carbons (Fsp3) is 0.750. The summed E-state index contributed by atoms with van der Waals surface area (Å²) in [6, 6.07) is 0. The monoisotopic (exact) mass is 259 g/mol. The first-order valence-corrected chi connectivity index (χ1v) is 6.14. The fourth-order valence-corrected chi connectivity index (χ4v) is 1.88. The summed E-state index contributed by atoms with van der Waals surface area (Å²) >= 11 is 0. The van der Waals surface area contributed by atoms with E-state index in [9.17, 15) is 14.4 Å². The molecule has 6 heteroatoms. The Morgan fingerprint density at radius 3 is 1.61 bits per heavy atom. The number of carboxylic acids is 2. The van der Waals surface area contributed by atoms with Crippen LogP contribution in [-0.4, -0.2) is 46.0 Å². The van der Waals surface area contributed by atoms with E-state index in [0.29, 0.717) is 12.8 Å². The minimum Gasteiger partial charge on any atom is -0.480 e. The van der Waals surface area contributed by atoms with Gasteiger partial charge in [0.25, 0.3) is 0 Å². The molecule has 0 rings (SSSR count). The van der Waals surface area contributed by atoms with Crippen molar-refractivity contribution in [2.75, 3.05) is 13.1 Å². The lowest BCUT2D eigenvalue weighted by molar-refractivity contribution is -0.151. The predicted octanol–water partition coefficient (Wildman–Crippen LogP) is 1.20. The maximum absolute atomic E-state index is 12.1. The van der Waals surface area contributed by atoms with E-state index in [0.717, 1.165) is 17.7 Å². The van der Waals surface area contributed by atoms with Crippen LogP contribution in [0.2, 0.25) is 0 Å². The second kappa shape index (κ2) is 8.49. The zero-order valence-corrected chi connectivity index (χ0v) is 10.9. The number of carbonyl (C=O) groups excluding carboxylic acids is 1. The molecular formula is C12H21NO5. The highest BCUT2D eigenvalue weighted by atomic mass is 16.4. The molecule has 0 saturated heterocycles. The van der Waals surface area contributed by atoms with Gasteiger partial charge >= 0.3 is 11.9 Å². The highest BCUT2D eigenvalue weighted by Crippen LogP contribution is 2.16. The van der Waals surface area contributed by atoms with Gasteiger partial charge in [0, 0.05) is 5.92 Å². The molecule has 0 fully saturated rings. The van der Waals surface area contributed by atoms with E-state index in [4.69, 9.17) is 10.2 Å². The molecule has 6 nitrogen and oxygen atoms in total. The van der Waals surface area contributed by atoms with E-state index in [1.807, 2.05) is 13.8 Å². The van der Waals surface area contributed by atoms with E-state index in [-0.39, 0.29) is 11.8 Å². The quantitative estimate of drug-likeness (QED) is 0.648. The van der Waals surface area contributed by atoms with Gasteiger partial charge in [-0.1, -0.05) is 26.7 Å². The number of hydrogen-bond donors (Lipinski definition) is 2. The lowest BCUT2D eigenvalue weighted by Crippen LogP contribution is -2.42. The van der Waals surface area contributed by atoms with E-state index < -0.39 is 25.0 Å². The summed E-state index contributed by atoms with van der Waals surface area (Å²) in [5, 5.41) is 17.4. The molecule has 0 spiro atoms. The van der Waals surface area contributed by atoms with Crippen LogP contribution >= 0.6 is 0 Å². The van der Waals surface area contributed by atoms with Crippen LogP contribution in [0.3, 0.4) is 0 Å². The van der Waals surface area contributed by atoms with E-state index in [1.165, 1.54) is 0 Å². The third-order valence-corrected chi connectivity index (χ3v) is 2.59. The normalized spacial score (nSPS) is 10.4. The summed E-state index contributed by atoms with van der Waals surface area (Å²) in [7, 11) is 0. The number of nitrogens with zero attached hydrogens (tertiary/aromatic N) is 1. The maximum Gasteiger partial charge on any atom is 0.323 e. The van der Waals surface area contributed by atoms with Crippen molar-refractivity contribution in [2.24, 2.45) is 5.92 Å². The summed E-state index contributed by atoms with van der Waals surface area (Å²) in [6.45, 7) is 2.76. The zero-order valence-electron chi connectivity index (χ0n) is 10.9. The number of hydrogen-bond acceptors (Lipinski definition) is 3. The third-order valence-electron chi connectivity index (χ3n) is 2.59. The molecule has 18 heavy (non-hydrogen) atoms. The molecule has 104 valence electrons. The highest BCUT2D eigenvalue weighted by Gasteiger charge is 2.26. The van der Waals surface area contributed by atoms with Crippen molar-refractivity contribution in [2.45, 2.75) is 39.5 Å². The topological polar surface area (TPSA) is 94.9 Å². The van der Waals surface area contributed by atoms with Crippen LogP contribution < -0.4 is 0 Å². The Hall–Kier alpha value is -1.59. The van der Waals surface area contributed by atoms with Gasteiger partial charge < -0.3 is 15.1 Å². The second-order valence-electron chi connectivity index (χ2n) is 4.26. The molecule has 0 aromatic rings. The van der Waals surface area contributed by atoms with Gasteiger partial charge in [-0.15, -0.1) is 0 Å². The summed E-state index contributed by atoms with van der Waals surface area (Å²) < 4.78 is 0. The molecule has 0 heterocycles. The van der Waals surface area contributed by atoms with Gasteiger partial charge in [0.2, 0.25) is 5.91 Å². The predicted molar refractivity (Wildman–Crippen MR) is 65.2 cm³/mol. The summed E-state index contributed by atoms with van der Waals surface area (Å²) in [5.41, 5.74) is 0. The second-order valence-corrected chi connectivity index (χ2v) is 4.26. The summed E-state index contributed by atoms with van der Waals surface area (Å²) in [4.78, 5) is 34.3. The van der Waals surface area contributed by atoms with E-state index >= 15 is 0 Å². The van der Waals surface area contributed by atoms with Gasteiger partial charge in [0.05, 0.1) is 0 Å². The smallest absolute Gasteiger partial charge is 0.323 e. The van der Waals surface area contributed by atoms with Crippen LogP contribution in [0.15, 0.2) is 0 Å². The molecule has 2 N–H and O–H groups in total. The van der Waals surface area contributed by atoms with Crippen LogP contribution in [-0.2, 0) is 14.4 Å². The van der Waals surface area contributed by atoms with Crippen molar-refractivity contribution < 1.29 is 24.6 Å². The Balaban J connectivity index is 4.76. The Morgan fingerprint density at radius 1 is 0.944 bits per heavy atom. The molecular weight excluding hydrogens is 238 g/mol. The summed E-state index contributed by atoms with van der Waals surface area (Å²) in [5.74, 6) is -3.05. The van der Waals surface area contributed by atoms with Crippen molar-refractivity contribution in [1.82, 2.24) is 4.90 Å². The van der Waals surface area contributed by atoms with Crippen molar-refractivity contribution in [3.05, 3.63) is 0 Å². The van der Waals surface area contributed by atoms with Crippen molar-refractivity contribution >= 4 is 17.8 Å². The Labute approximate surface area is 107 Å². The maximum atomic E-state index is 12.1. The van der Waals surface area contributed by atoms with Gasteiger partial charge in [-0.3, -0.25) is 14.4 Å². The third kappa shape index (κ3) is 6.22. The van der Waals surface area contributed by atoms with Gasteiger partial charge in [0.15, 0.2) is 0 Å². The zero-order chi connectivity index (χ0) is 14.1. The Morgan fingerprint density at radius 2 is 1.33 bits per heavy atom. The van der Waals surface area contributed by atoms with Crippen molar-refractivity contribution in [3.8, 4) is 0 Å². The molecule has 0 saturated carbocycles. The number of amides is 1. The van der Waals surface area contributed by atoms with Crippen molar-refractivity contribution in [1.29, 1.82) is 0 Å². The van der Waals surface area contributed by atoms with Gasteiger partial charge in [-0.2, -0.15) is 0 Å². The first kappa shape index (κ1) is 16.4. The number of rotatable bonds is 9. The van der Waals surface area contributed by atoms with Gasteiger partial charge in [-0.25, -0.2) is 0 Å². The molecule has 0 aliphatic heterocycles. The minimum atomic E-state index is -1.20. The lowest BCUT2D eigenvalue weighted by Gasteiger charge is -2.24. The molecule has 0 bridgehead atoms. The first-order valence-electron chi connectivity index (χ1n) is 6.14. The molecule has 0 unspecified atom stereocenters. The molecule has 1 amide bonds. The average molecular weight is 259 g/mol.